The first-order chi connectivity index (χ1) is 29.9. The predicted octanol–water partition coefficient (Wildman–Crippen LogP) is 9.67. The molecule has 0 radical (unpaired) electrons. The van der Waals surface area contributed by atoms with Crippen LogP contribution >= 0.6 is 47.8 Å². The molecule has 4 aromatic carbocycles. The quantitative estimate of drug-likeness (QED) is 0.132. The van der Waals surface area contributed by atoms with E-state index in [0.29, 0.717) is 0 Å². The van der Waals surface area contributed by atoms with Crippen molar-refractivity contribution in [3.63, 3.8) is 0 Å². The maximum Gasteiger partial charge on any atom is 0.0486 e. The van der Waals surface area contributed by atoms with Crippen LogP contribution in [0.3, 0.4) is 0 Å². The van der Waals surface area contributed by atoms with Gasteiger partial charge in [0.05, 0.1) is 0 Å². The van der Waals surface area contributed by atoms with Gasteiger partial charge in [0.25, 0.3) is 0 Å². The van der Waals surface area contributed by atoms with Crippen LogP contribution in [0.5, 0.6) is 0 Å². The molecule has 4 N–H and O–H groups in total. The fourth-order valence-electron chi connectivity index (χ4n) is 9.15. The molecule has 1 aliphatic rings. The summed E-state index contributed by atoms with van der Waals surface area (Å²) in [4.78, 5) is 29.3. The Labute approximate surface area is 373 Å². The van der Waals surface area contributed by atoms with Gasteiger partial charge in [0.1, 0.15) is 0 Å². The van der Waals surface area contributed by atoms with Crippen LogP contribution in [0.2, 0.25) is 0 Å². The molecule has 1 aliphatic heterocycles. The maximum atomic E-state index is 4.61. The third-order valence-corrected chi connectivity index (χ3v) is 13.0. The summed E-state index contributed by atoms with van der Waals surface area (Å²) in [6.45, 7) is 0. The summed E-state index contributed by atoms with van der Waals surface area (Å²) in [7, 11) is 0. The third-order valence-electron chi connectivity index (χ3n) is 11.7. The predicted molar refractivity (Wildman–Crippen MR) is 254 cm³/mol. The minimum absolute atomic E-state index is 0.887. The molecule has 10 heteroatoms. The molecular weight excluding hydrogens is 950 g/mol. The Bertz CT molecular complexity index is 3810. The van der Waals surface area contributed by atoms with Crippen molar-refractivity contribution in [3.05, 3.63) is 238 Å². The average Bonchev–Trinajstić information content (AvgIpc) is 4.12. The van der Waals surface area contributed by atoms with Gasteiger partial charge in [-0.15, -0.1) is 0 Å². The van der Waals surface area contributed by atoms with Crippen molar-refractivity contribution in [1.82, 2.24) is 34.9 Å². The zero-order chi connectivity index (χ0) is 40.8. The van der Waals surface area contributed by atoms with E-state index in [9.17, 15) is 0 Å². The van der Waals surface area contributed by atoms with Gasteiger partial charge in [-0.25, -0.2) is 0 Å². The lowest BCUT2D eigenvalue weighted by Gasteiger charge is -2.15. The van der Waals surface area contributed by atoms with E-state index in [0.717, 1.165) is 102 Å². The Morgan fingerprint density at radius 1 is 0.344 bits per heavy atom. The summed E-state index contributed by atoms with van der Waals surface area (Å²) in [6, 6.07) is 43.7. The first kappa shape index (κ1) is 36.3. The Kier molecular flexibility index (Phi) is 8.48. The van der Waals surface area contributed by atoms with Crippen molar-refractivity contribution in [2.45, 2.75) is 0 Å². The van der Waals surface area contributed by atoms with Crippen LogP contribution in [0.15, 0.2) is 172 Å². The van der Waals surface area contributed by atoms with Crippen LogP contribution in [0.4, 0.5) is 0 Å². The summed E-state index contributed by atoms with van der Waals surface area (Å²) in [5.41, 5.74) is 11.8. The second-order valence-corrected chi connectivity index (χ2v) is 18.0. The van der Waals surface area contributed by atoms with E-state index in [1.807, 2.05) is 31.0 Å². The molecule has 61 heavy (non-hydrogen) atoms. The highest BCUT2D eigenvalue weighted by molar-refractivity contribution is 9.11. The molecular formula is C51H30Br3N7. The van der Waals surface area contributed by atoms with E-state index in [4.69, 9.17) is 0 Å². The van der Waals surface area contributed by atoms with Crippen LogP contribution in [0.25, 0.3) is 54.6 Å². The third kappa shape index (κ3) is 6.08. The molecule has 290 valence electrons. The van der Waals surface area contributed by atoms with E-state index in [-0.39, 0.29) is 0 Å². The van der Waals surface area contributed by atoms with Crippen molar-refractivity contribution in [1.29, 1.82) is 0 Å². The monoisotopic (exact) mass is 977 g/mol. The van der Waals surface area contributed by atoms with Crippen LogP contribution in [-0.4, -0.2) is 34.9 Å². The normalized spacial score (nSPS) is 13.0. The molecule has 0 spiro atoms. The molecule has 8 heterocycles. The highest BCUT2D eigenvalue weighted by Crippen LogP contribution is 2.39. The molecule has 12 rings (SSSR count). The molecule has 0 fully saturated rings. The molecule has 0 saturated carbocycles. The average molecular weight is 981 g/mol. The Morgan fingerprint density at radius 3 is 1.20 bits per heavy atom. The largest absolute Gasteiger partial charge is 0.354 e. The maximum absolute atomic E-state index is 4.61. The molecule has 11 aromatic rings. The number of rotatable bonds is 4. The number of nitrogens with one attached hydrogen (secondary N) is 4. The van der Waals surface area contributed by atoms with E-state index in [1.165, 1.54) is 32.3 Å². The number of nitrogens with zero attached hydrogens (tertiary/aromatic N) is 3. The minimum Gasteiger partial charge on any atom is -0.354 e. The first-order valence-electron chi connectivity index (χ1n) is 19.7. The number of aromatic amines is 4. The number of hydrogen-bond donors (Lipinski definition) is 4. The Balaban J connectivity index is 1.24. The van der Waals surface area contributed by atoms with Gasteiger partial charge < -0.3 is 19.9 Å². The lowest BCUT2D eigenvalue weighted by molar-refractivity contribution is 1.18. The number of hydrogen-bond acceptors (Lipinski definition) is 3. The minimum atomic E-state index is 0.887. The molecule has 8 bridgehead atoms. The van der Waals surface area contributed by atoms with Gasteiger partial charge >= 0.3 is 0 Å². The zero-order valence-corrected chi connectivity index (χ0v) is 36.7. The van der Waals surface area contributed by atoms with E-state index in [1.54, 1.807) is 6.20 Å². The van der Waals surface area contributed by atoms with Crippen molar-refractivity contribution in [3.8, 4) is 0 Å². The van der Waals surface area contributed by atoms with Crippen LogP contribution in [0.1, 0.15) is 45.0 Å². The van der Waals surface area contributed by atoms with Crippen molar-refractivity contribution in [2.24, 2.45) is 0 Å². The summed E-state index contributed by atoms with van der Waals surface area (Å²) in [6.07, 6.45) is 11.2. The molecule has 0 amide bonds. The van der Waals surface area contributed by atoms with Gasteiger partial charge in [-0.05, 0) is 152 Å². The molecule has 0 atom stereocenters. The van der Waals surface area contributed by atoms with Crippen LogP contribution in [-0.2, 0) is 0 Å². The number of pyridine rings is 3. The van der Waals surface area contributed by atoms with Gasteiger partial charge in [0.15, 0.2) is 0 Å². The fourth-order valence-corrected chi connectivity index (χ4v) is 10.2. The molecule has 0 unspecified atom stereocenters. The molecule has 7 nitrogen and oxygen atoms in total. The fraction of sp³-hybridized carbons (Fsp3) is 0. The van der Waals surface area contributed by atoms with Gasteiger partial charge in [0, 0.05) is 134 Å². The van der Waals surface area contributed by atoms with Gasteiger partial charge in [0.2, 0.25) is 0 Å². The second kappa shape index (κ2) is 14.3. The standard InChI is InChI=1S/C51H30Br3N7/c52-33-18-30(21-55-24-33)48-38-10-12-40(58-38)49(31-19-34(53)25-56-22-31)42-14-16-44(60-42)51(37-9-7-29-5-4-27-2-1-3-28-6-8-36(37)47(29)46(27)28)45-17-15-43(61-45)50(41-13-11-39(48)59-41)32-20-35(54)26-57-23-32/h1-26,58-61H. The van der Waals surface area contributed by atoms with E-state index >= 15 is 0 Å². The molecule has 0 aliphatic carbocycles. The van der Waals surface area contributed by atoms with Crippen LogP contribution < -0.4 is 21.4 Å². The molecule has 7 aromatic heterocycles. The van der Waals surface area contributed by atoms with Crippen molar-refractivity contribution < 1.29 is 0 Å². The Morgan fingerprint density at radius 2 is 0.738 bits per heavy atom. The first-order valence-corrected chi connectivity index (χ1v) is 22.1. The topological polar surface area (TPSA) is 102 Å². The lowest BCUT2D eigenvalue weighted by atomic mass is 9.89. The van der Waals surface area contributed by atoms with Gasteiger partial charge in [-0.2, -0.15) is 0 Å². The summed E-state index contributed by atoms with van der Waals surface area (Å²) in [5, 5.41) is 11.2. The second-order valence-electron chi connectivity index (χ2n) is 15.3. The Hall–Kier alpha value is -6.59. The highest BCUT2D eigenvalue weighted by Gasteiger charge is 2.21. The van der Waals surface area contributed by atoms with E-state index in [2.05, 4.69) is 204 Å². The van der Waals surface area contributed by atoms with Gasteiger partial charge in [-0.1, -0.05) is 54.6 Å². The van der Waals surface area contributed by atoms with E-state index < -0.39 is 0 Å². The zero-order valence-electron chi connectivity index (χ0n) is 32.0. The number of aromatic nitrogens is 7. The SMILES string of the molecule is Brc1cncc(C2=c3ccc([nH]3)=C(c3cncc(Br)c3)c3ccc([nH]3)C(c3ccc4ccc5cccc6ccc3c4c56)=c3ccc([nH]3)=C(c3cncc(Br)c3)c3ccc2[nH]3)c1. The van der Waals surface area contributed by atoms with Crippen molar-refractivity contribution in [2.75, 3.05) is 0 Å². The van der Waals surface area contributed by atoms with Crippen LogP contribution in [0, 0.1) is 0 Å². The van der Waals surface area contributed by atoms with Gasteiger partial charge in [-0.3, -0.25) is 15.0 Å². The summed E-state index contributed by atoms with van der Waals surface area (Å²) in [5.74, 6) is 0. The van der Waals surface area contributed by atoms with Crippen molar-refractivity contribution >= 4 is 102 Å². The number of H-pyrrole nitrogens is 4. The number of benzene rings is 4. The highest BCUT2D eigenvalue weighted by atomic mass is 79.9. The number of fused-ring (bicyclic) bond motifs is 8. The smallest absolute Gasteiger partial charge is 0.0486 e. The lowest BCUT2D eigenvalue weighted by Crippen LogP contribution is -2.19. The number of halogens is 3. The summed E-state index contributed by atoms with van der Waals surface area (Å²) >= 11 is 11.1. The summed E-state index contributed by atoms with van der Waals surface area (Å²) < 4.78 is 2.67. The molecule has 0 saturated heterocycles.